The minimum atomic E-state index is 0.790. The van der Waals surface area contributed by atoms with E-state index in [1.165, 1.54) is 25.7 Å². The van der Waals surface area contributed by atoms with Crippen molar-refractivity contribution in [3.05, 3.63) is 12.4 Å². The van der Waals surface area contributed by atoms with Crippen molar-refractivity contribution in [2.45, 2.75) is 44.7 Å². The second kappa shape index (κ2) is 8.27. The first-order chi connectivity index (χ1) is 9.81. The highest BCUT2D eigenvalue weighted by molar-refractivity contribution is 5.25. The molecular formula is C15H28N4O. The Morgan fingerprint density at radius 2 is 2.25 bits per heavy atom. The van der Waals surface area contributed by atoms with Crippen LogP contribution in [0, 0.1) is 0 Å². The van der Waals surface area contributed by atoms with Crippen LogP contribution >= 0.6 is 0 Å². The molecule has 0 saturated heterocycles. The van der Waals surface area contributed by atoms with Crippen molar-refractivity contribution in [2.75, 3.05) is 39.2 Å². The monoisotopic (exact) mass is 280 g/mol. The molecule has 1 saturated carbocycles. The fourth-order valence-electron chi connectivity index (χ4n) is 2.91. The van der Waals surface area contributed by atoms with Gasteiger partial charge < -0.3 is 19.5 Å². The number of imidazole rings is 1. The van der Waals surface area contributed by atoms with Gasteiger partial charge in [-0.05, 0) is 26.3 Å². The van der Waals surface area contributed by atoms with E-state index in [0.717, 1.165) is 44.7 Å². The van der Waals surface area contributed by atoms with E-state index in [1.807, 2.05) is 12.4 Å². The number of hydrogen-bond donors (Lipinski definition) is 1. The first-order valence-electron chi connectivity index (χ1n) is 7.75. The molecule has 5 heteroatoms. The lowest BCUT2D eigenvalue weighted by Gasteiger charge is -2.24. The predicted molar refractivity (Wildman–Crippen MR) is 82.1 cm³/mol. The molecule has 2 rings (SSSR count). The third-order valence-electron chi connectivity index (χ3n) is 4.16. The molecule has 0 aliphatic heterocycles. The number of likely N-dealkylation sites (N-methyl/N-ethyl adjacent to an activating group) is 1. The van der Waals surface area contributed by atoms with E-state index < -0.39 is 0 Å². The summed E-state index contributed by atoms with van der Waals surface area (Å²) in [7, 11) is 3.98. The molecule has 0 spiro atoms. The SMILES string of the molecule is COCCCn1ccnc1NCCN(C)C1CCCC1. The van der Waals surface area contributed by atoms with Crippen molar-refractivity contribution in [1.29, 1.82) is 0 Å². The Balaban J connectivity index is 1.69. The van der Waals surface area contributed by atoms with E-state index in [0.29, 0.717) is 0 Å². The average Bonchev–Trinajstić information content (AvgIpc) is 3.10. The summed E-state index contributed by atoms with van der Waals surface area (Å²) in [4.78, 5) is 6.87. The van der Waals surface area contributed by atoms with E-state index in [9.17, 15) is 0 Å². The van der Waals surface area contributed by atoms with Crippen LogP contribution in [-0.4, -0.2) is 54.3 Å². The predicted octanol–water partition coefficient (Wildman–Crippen LogP) is 2.21. The van der Waals surface area contributed by atoms with Crippen molar-refractivity contribution in [3.63, 3.8) is 0 Å². The van der Waals surface area contributed by atoms with Crippen molar-refractivity contribution in [3.8, 4) is 0 Å². The zero-order chi connectivity index (χ0) is 14.2. The molecule has 0 bridgehead atoms. The van der Waals surface area contributed by atoms with Crippen LogP contribution in [-0.2, 0) is 11.3 Å². The number of anilines is 1. The van der Waals surface area contributed by atoms with Gasteiger partial charge in [0.2, 0.25) is 5.95 Å². The number of rotatable bonds is 9. The molecule has 1 aromatic heterocycles. The molecule has 1 aliphatic rings. The van der Waals surface area contributed by atoms with Gasteiger partial charge in [0, 0.05) is 51.8 Å². The molecule has 0 aromatic carbocycles. The molecule has 1 aliphatic carbocycles. The Morgan fingerprint density at radius 1 is 1.45 bits per heavy atom. The molecule has 0 amide bonds. The molecule has 1 heterocycles. The number of aryl methyl sites for hydroxylation is 1. The van der Waals surface area contributed by atoms with Gasteiger partial charge in [-0.1, -0.05) is 12.8 Å². The van der Waals surface area contributed by atoms with E-state index in [1.54, 1.807) is 7.11 Å². The minimum Gasteiger partial charge on any atom is -0.385 e. The maximum Gasteiger partial charge on any atom is 0.202 e. The lowest BCUT2D eigenvalue weighted by molar-refractivity contribution is 0.190. The third kappa shape index (κ3) is 4.49. The van der Waals surface area contributed by atoms with E-state index in [2.05, 4.69) is 26.8 Å². The fraction of sp³-hybridized carbons (Fsp3) is 0.800. The highest BCUT2D eigenvalue weighted by Gasteiger charge is 2.18. The van der Waals surface area contributed by atoms with Crippen LogP contribution in [0.4, 0.5) is 5.95 Å². The second-order valence-electron chi connectivity index (χ2n) is 5.64. The van der Waals surface area contributed by atoms with Gasteiger partial charge in [0.15, 0.2) is 0 Å². The lowest BCUT2D eigenvalue weighted by atomic mass is 10.2. The molecule has 0 unspecified atom stereocenters. The number of hydrogen-bond acceptors (Lipinski definition) is 4. The van der Waals surface area contributed by atoms with Gasteiger partial charge in [-0.25, -0.2) is 4.98 Å². The number of ether oxygens (including phenoxy) is 1. The van der Waals surface area contributed by atoms with Gasteiger partial charge >= 0.3 is 0 Å². The third-order valence-corrected chi connectivity index (χ3v) is 4.16. The number of methoxy groups -OCH3 is 1. The Labute approximate surface area is 122 Å². The number of nitrogens with one attached hydrogen (secondary N) is 1. The molecule has 5 nitrogen and oxygen atoms in total. The van der Waals surface area contributed by atoms with Crippen LogP contribution in [0.3, 0.4) is 0 Å². The van der Waals surface area contributed by atoms with Gasteiger partial charge in [-0.2, -0.15) is 0 Å². The fourth-order valence-corrected chi connectivity index (χ4v) is 2.91. The average molecular weight is 280 g/mol. The van der Waals surface area contributed by atoms with E-state index >= 15 is 0 Å². The summed E-state index contributed by atoms with van der Waals surface area (Å²) in [6.07, 6.45) is 10.4. The van der Waals surface area contributed by atoms with Crippen LogP contribution in [0.1, 0.15) is 32.1 Å². The molecule has 1 N–H and O–H groups in total. The summed E-state index contributed by atoms with van der Waals surface area (Å²) in [6, 6.07) is 0.790. The van der Waals surface area contributed by atoms with Crippen molar-refractivity contribution in [1.82, 2.24) is 14.5 Å². The molecule has 0 atom stereocenters. The van der Waals surface area contributed by atoms with Crippen molar-refractivity contribution < 1.29 is 4.74 Å². The Hall–Kier alpha value is -1.07. The van der Waals surface area contributed by atoms with Crippen LogP contribution < -0.4 is 5.32 Å². The maximum atomic E-state index is 5.09. The highest BCUT2D eigenvalue weighted by atomic mass is 16.5. The molecule has 0 radical (unpaired) electrons. The van der Waals surface area contributed by atoms with Gasteiger partial charge in [0.1, 0.15) is 0 Å². The topological polar surface area (TPSA) is 42.3 Å². The quantitative estimate of drug-likeness (QED) is 0.704. The maximum absolute atomic E-state index is 5.09. The summed E-state index contributed by atoms with van der Waals surface area (Å²) in [5.74, 6) is 0.973. The molecule has 1 aromatic rings. The van der Waals surface area contributed by atoms with Crippen LogP contribution in [0.5, 0.6) is 0 Å². The van der Waals surface area contributed by atoms with E-state index in [4.69, 9.17) is 4.74 Å². The zero-order valence-corrected chi connectivity index (χ0v) is 12.8. The summed E-state index contributed by atoms with van der Waals surface area (Å²) < 4.78 is 7.25. The highest BCUT2D eigenvalue weighted by Crippen LogP contribution is 2.21. The lowest BCUT2D eigenvalue weighted by Crippen LogP contribution is -2.33. The van der Waals surface area contributed by atoms with Gasteiger partial charge in [-0.15, -0.1) is 0 Å². The molecule has 114 valence electrons. The molecular weight excluding hydrogens is 252 g/mol. The van der Waals surface area contributed by atoms with E-state index in [-0.39, 0.29) is 0 Å². The zero-order valence-electron chi connectivity index (χ0n) is 12.8. The summed E-state index contributed by atoms with van der Waals surface area (Å²) in [5.41, 5.74) is 0. The largest absolute Gasteiger partial charge is 0.385 e. The van der Waals surface area contributed by atoms with Crippen molar-refractivity contribution in [2.24, 2.45) is 0 Å². The first-order valence-corrected chi connectivity index (χ1v) is 7.75. The summed E-state index contributed by atoms with van der Waals surface area (Å²) in [5, 5.41) is 3.44. The summed E-state index contributed by atoms with van der Waals surface area (Å²) in [6.45, 7) is 3.78. The van der Waals surface area contributed by atoms with Crippen molar-refractivity contribution >= 4 is 5.95 Å². The van der Waals surface area contributed by atoms with Gasteiger partial charge in [0.25, 0.3) is 0 Å². The Kier molecular flexibility index (Phi) is 6.33. The minimum absolute atomic E-state index is 0.790. The van der Waals surface area contributed by atoms with Crippen LogP contribution in [0.25, 0.3) is 0 Å². The summed E-state index contributed by atoms with van der Waals surface area (Å²) >= 11 is 0. The number of aromatic nitrogens is 2. The molecule has 1 fully saturated rings. The van der Waals surface area contributed by atoms with Gasteiger partial charge in [0.05, 0.1) is 0 Å². The first kappa shape index (κ1) is 15.3. The Morgan fingerprint density at radius 3 is 3.00 bits per heavy atom. The molecule has 20 heavy (non-hydrogen) atoms. The Bertz CT molecular complexity index is 374. The van der Waals surface area contributed by atoms with Gasteiger partial charge in [-0.3, -0.25) is 0 Å². The normalized spacial score (nSPS) is 16.1. The van der Waals surface area contributed by atoms with Crippen LogP contribution in [0.2, 0.25) is 0 Å². The second-order valence-corrected chi connectivity index (χ2v) is 5.64. The van der Waals surface area contributed by atoms with Crippen LogP contribution in [0.15, 0.2) is 12.4 Å². The smallest absolute Gasteiger partial charge is 0.202 e. The standard InChI is InChI=1S/C15H28N4O/c1-18(14-6-3-4-7-14)11-8-16-15-17-9-12-19(15)10-5-13-20-2/h9,12,14H,3-8,10-11,13H2,1-2H3,(H,16,17). The number of nitrogens with zero attached hydrogens (tertiary/aromatic N) is 3.